The third kappa shape index (κ3) is 2.31. The Morgan fingerprint density at radius 2 is 2.13 bits per heavy atom. The van der Waals surface area contributed by atoms with Gasteiger partial charge >= 0.3 is 0 Å². The molecule has 1 aliphatic rings. The molecule has 1 unspecified atom stereocenters. The van der Waals surface area contributed by atoms with E-state index in [1.54, 1.807) is 0 Å². The third-order valence-corrected chi connectivity index (χ3v) is 6.40. The SMILES string of the molecule is CS1=[N+](CCn2c(O)ccc2O)CCS1. The molecule has 2 N–H and O–H groups in total. The summed E-state index contributed by atoms with van der Waals surface area (Å²) in [6.07, 6.45) is 2.22. The summed E-state index contributed by atoms with van der Waals surface area (Å²) in [5, 5.41) is 18.9. The molecule has 2 rings (SSSR count). The Morgan fingerprint density at radius 3 is 2.67 bits per heavy atom. The van der Waals surface area contributed by atoms with Crippen molar-refractivity contribution in [2.45, 2.75) is 6.54 Å². The van der Waals surface area contributed by atoms with Gasteiger partial charge in [0.25, 0.3) is 0 Å². The Bertz CT molecular complexity index is 381. The van der Waals surface area contributed by atoms with Crippen molar-refractivity contribution in [3.63, 3.8) is 0 Å². The van der Waals surface area contributed by atoms with Gasteiger partial charge in [-0.3, -0.25) is 4.57 Å². The fourth-order valence-corrected chi connectivity index (χ4v) is 4.92. The second-order valence-corrected chi connectivity index (χ2v) is 7.54. The molecule has 0 saturated carbocycles. The predicted molar refractivity (Wildman–Crippen MR) is 63.5 cm³/mol. The first-order valence-corrected chi connectivity index (χ1v) is 7.89. The minimum Gasteiger partial charge on any atom is -0.494 e. The predicted octanol–water partition coefficient (Wildman–Crippen LogP) is 1.01. The molecule has 6 heteroatoms. The first-order valence-electron chi connectivity index (χ1n) is 4.80. The lowest BCUT2D eigenvalue weighted by Crippen LogP contribution is -2.17. The molecule has 0 aromatic carbocycles. The van der Waals surface area contributed by atoms with Gasteiger partial charge in [0.05, 0.1) is 22.0 Å². The van der Waals surface area contributed by atoms with Crippen LogP contribution in [0.5, 0.6) is 11.8 Å². The maximum absolute atomic E-state index is 9.45. The van der Waals surface area contributed by atoms with Crippen LogP contribution in [0.25, 0.3) is 0 Å². The van der Waals surface area contributed by atoms with Gasteiger partial charge in [0, 0.05) is 18.4 Å². The van der Waals surface area contributed by atoms with Crippen LogP contribution in [0.15, 0.2) is 12.1 Å². The van der Waals surface area contributed by atoms with Crippen LogP contribution < -0.4 is 0 Å². The highest BCUT2D eigenvalue weighted by atomic mass is 33.1. The molecule has 0 amide bonds. The van der Waals surface area contributed by atoms with E-state index in [4.69, 9.17) is 0 Å². The second-order valence-electron chi connectivity index (χ2n) is 3.38. The van der Waals surface area contributed by atoms with Crippen LogP contribution in [0, 0.1) is 0 Å². The van der Waals surface area contributed by atoms with Crippen molar-refractivity contribution in [3.8, 4) is 11.8 Å². The molecule has 1 aromatic heterocycles. The van der Waals surface area contributed by atoms with Gasteiger partial charge in [-0.2, -0.15) is 3.95 Å². The van der Waals surface area contributed by atoms with E-state index in [9.17, 15) is 10.2 Å². The number of nitrogens with zero attached hydrogens (tertiary/aromatic N) is 2. The average Bonchev–Trinajstić information content (AvgIpc) is 2.73. The van der Waals surface area contributed by atoms with Crippen LogP contribution in [0.3, 0.4) is 0 Å². The highest BCUT2D eigenvalue weighted by Gasteiger charge is 2.18. The third-order valence-electron chi connectivity index (χ3n) is 2.47. The van der Waals surface area contributed by atoms with Crippen LogP contribution in [0.2, 0.25) is 0 Å². The lowest BCUT2D eigenvalue weighted by atomic mass is 10.5. The Hall–Kier alpha value is -0.620. The first kappa shape index (κ1) is 10.9. The van der Waals surface area contributed by atoms with E-state index in [-0.39, 0.29) is 21.5 Å². The van der Waals surface area contributed by atoms with Crippen molar-refractivity contribution in [3.05, 3.63) is 12.1 Å². The Balaban J connectivity index is 2.02. The molecule has 0 bridgehead atoms. The van der Waals surface area contributed by atoms with Crippen molar-refractivity contribution in [2.75, 3.05) is 25.1 Å². The summed E-state index contributed by atoms with van der Waals surface area (Å²) in [4.78, 5) is 0. The minimum atomic E-state index is 0.135. The van der Waals surface area contributed by atoms with E-state index in [0.29, 0.717) is 6.54 Å². The molecule has 1 atom stereocenters. The standard InChI is InChI=1S/C9H14N2O2S2/c1-15-10(6-7-14-15)4-5-11-8(12)2-3-9(11)13/h2-3H,4-7H2,1H3,(H-,12,13)/p+1. The Kier molecular flexibility index (Phi) is 3.25. The Morgan fingerprint density at radius 1 is 1.47 bits per heavy atom. The summed E-state index contributed by atoms with van der Waals surface area (Å²) in [7, 11) is 2.26. The molecule has 0 aliphatic carbocycles. The van der Waals surface area contributed by atoms with Crippen molar-refractivity contribution < 1.29 is 14.2 Å². The maximum atomic E-state index is 9.45. The summed E-state index contributed by atoms with van der Waals surface area (Å²) in [6.45, 7) is 2.62. The fraction of sp³-hybridized carbons (Fsp3) is 0.556. The summed E-state index contributed by atoms with van der Waals surface area (Å²) in [5.41, 5.74) is 0. The van der Waals surface area contributed by atoms with Gasteiger partial charge in [-0.05, 0) is 10.8 Å². The zero-order valence-corrected chi connectivity index (χ0v) is 10.2. The molecule has 2 heterocycles. The molecule has 1 aromatic rings. The number of aromatic nitrogens is 1. The zero-order valence-electron chi connectivity index (χ0n) is 8.59. The quantitative estimate of drug-likeness (QED) is 0.619. The van der Waals surface area contributed by atoms with E-state index in [2.05, 4.69) is 10.2 Å². The molecule has 15 heavy (non-hydrogen) atoms. The van der Waals surface area contributed by atoms with E-state index in [1.165, 1.54) is 22.5 Å². The van der Waals surface area contributed by atoms with Crippen molar-refractivity contribution in [1.29, 1.82) is 0 Å². The molecule has 0 spiro atoms. The van der Waals surface area contributed by atoms with Gasteiger partial charge in [-0.25, -0.2) is 0 Å². The van der Waals surface area contributed by atoms with Gasteiger partial charge in [0.2, 0.25) is 0 Å². The van der Waals surface area contributed by atoms with Crippen LogP contribution >= 0.6 is 10.8 Å². The Labute approximate surface area is 95.0 Å². The van der Waals surface area contributed by atoms with Crippen molar-refractivity contribution >= 4 is 20.5 Å². The molecular formula is C9H15N2O2S2+. The smallest absolute Gasteiger partial charge is 0.194 e. The normalized spacial score (nSPS) is 21.1. The molecule has 0 fully saturated rings. The lowest BCUT2D eigenvalue weighted by molar-refractivity contribution is -0.495. The topological polar surface area (TPSA) is 48.4 Å². The molecule has 84 valence electrons. The van der Waals surface area contributed by atoms with Crippen molar-refractivity contribution in [1.82, 2.24) is 4.57 Å². The molecule has 4 nitrogen and oxygen atoms in total. The van der Waals surface area contributed by atoms with Gasteiger partial charge in [-0.1, -0.05) is 0 Å². The number of hydrogen-bond acceptors (Lipinski definition) is 3. The van der Waals surface area contributed by atoms with Crippen LogP contribution in [0.4, 0.5) is 0 Å². The highest BCUT2D eigenvalue weighted by molar-refractivity contribution is 8.69. The summed E-state index contributed by atoms with van der Waals surface area (Å²) in [6, 6.07) is 3.03. The largest absolute Gasteiger partial charge is 0.494 e. The van der Waals surface area contributed by atoms with Gasteiger partial charge in [0.15, 0.2) is 24.8 Å². The van der Waals surface area contributed by atoms with Crippen LogP contribution in [0.1, 0.15) is 0 Å². The summed E-state index contributed by atoms with van der Waals surface area (Å²) in [5.74, 6) is 1.45. The van der Waals surface area contributed by atoms with Crippen LogP contribution in [-0.4, -0.2) is 43.8 Å². The van der Waals surface area contributed by atoms with E-state index in [0.717, 1.165) is 13.1 Å². The average molecular weight is 247 g/mol. The first-order chi connectivity index (χ1) is 7.18. The minimum absolute atomic E-state index is 0.135. The number of aromatic hydroxyl groups is 2. The maximum Gasteiger partial charge on any atom is 0.194 e. The fourth-order valence-electron chi connectivity index (χ4n) is 1.59. The highest BCUT2D eigenvalue weighted by Crippen LogP contribution is 2.21. The van der Waals surface area contributed by atoms with E-state index < -0.39 is 0 Å². The summed E-state index contributed by atoms with van der Waals surface area (Å²) >= 11 is 0. The molecule has 0 radical (unpaired) electrons. The van der Waals surface area contributed by atoms with E-state index >= 15 is 0 Å². The van der Waals surface area contributed by atoms with Gasteiger partial charge in [0.1, 0.15) is 0 Å². The number of rotatable bonds is 3. The van der Waals surface area contributed by atoms with Crippen molar-refractivity contribution in [2.24, 2.45) is 0 Å². The molecule has 1 aliphatic heterocycles. The van der Waals surface area contributed by atoms with E-state index in [1.807, 2.05) is 10.8 Å². The molecule has 0 saturated heterocycles. The number of hydrogen-bond donors (Lipinski definition) is 2. The van der Waals surface area contributed by atoms with Crippen LogP contribution in [-0.2, 0) is 16.3 Å². The van der Waals surface area contributed by atoms with Gasteiger partial charge < -0.3 is 10.2 Å². The monoisotopic (exact) mass is 247 g/mol. The molecular weight excluding hydrogens is 232 g/mol. The zero-order chi connectivity index (χ0) is 10.8. The van der Waals surface area contributed by atoms with Gasteiger partial charge in [-0.15, -0.1) is 0 Å². The summed E-state index contributed by atoms with van der Waals surface area (Å²) < 4.78 is 3.91. The second kappa shape index (κ2) is 4.49. The lowest BCUT2D eigenvalue weighted by Gasteiger charge is -2.04.